The summed E-state index contributed by atoms with van der Waals surface area (Å²) in [5.74, 6) is -0.721. The van der Waals surface area contributed by atoms with Gasteiger partial charge in [0, 0.05) is 11.9 Å². The fourth-order valence-electron chi connectivity index (χ4n) is 2.29. The van der Waals surface area contributed by atoms with Crippen molar-refractivity contribution in [1.82, 2.24) is 9.88 Å². The molecule has 0 saturated carbocycles. The predicted molar refractivity (Wildman–Crippen MR) is 100 cm³/mol. The van der Waals surface area contributed by atoms with Gasteiger partial charge < -0.3 is 9.64 Å². The first kappa shape index (κ1) is 17.6. The molecule has 7 heteroatoms. The summed E-state index contributed by atoms with van der Waals surface area (Å²) in [5.41, 5.74) is 0.926. The van der Waals surface area contributed by atoms with Crippen molar-refractivity contribution in [2.24, 2.45) is 0 Å². The molecule has 0 unspecified atom stereocenters. The van der Waals surface area contributed by atoms with Crippen molar-refractivity contribution in [2.75, 3.05) is 13.7 Å². The number of hydrogen-bond acceptors (Lipinski definition) is 6. The van der Waals surface area contributed by atoms with Crippen LogP contribution >= 0.6 is 22.7 Å². The van der Waals surface area contributed by atoms with Gasteiger partial charge >= 0.3 is 5.97 Å². The molecule has 25 heavy (non-hydrogen) atoms. The summed E-state index contributed by atoms with van der Waals surface area (Å²) in [6.07, 6.45) is 0. The number of nitrogens with zero attached hydrogens (tertiary/aromatic N) is 2. The minimum absolute atomic E-state index is 0.187. The van der Waals surface area contributed by atoms with Crippen molar-refractivity contribution in [3.05, 3.63) is 51.2 Å². The average Bonchev–Trinajstić information content (AvgIpc) is 3.24. The lowest BCUT2D eigenvalue weighted by Gasteiger charge is -2.22. The largest absolute Gasteiger partial charge is 0.451 e. The summed E-state index contributed by atoms with van der Waals surface area (Å²) in [6.45, 7) is 3.56. The van der Waals surface area contributed by atoms with E-state index < -0.39 is 5.97 Å². The number of carbonyl (C=O) groups is 2. The number of benzene rings is 1. The molecular formula is C18H18N2O3S2. The maximum Gasteiger partial charge on any atom is 0.348 e. The topological polar surface area (TPSA) is 59.5 Å². The van der Waals surface area contributed by atoms with E-state index in [2.05, 4.69) is 4.98 Å². The zero-order valence-corrected chi connectivity index (χ0v) is 15.8. The fraction of sp³-hybridized carbons (Fsp3) is 0.278. The van der Waals surface area contributed by atoms with Gasteiger partial charge in [0.25, 0.3) is 5.91 Å². The molecule has 0 saturated heterocycles. The van der Waals surface area contributed by atoms with Crippen LogP contribution < -0.4 is 0 Å². The number of carbonyl (C=O) groups excluding carboxylic acids is 2. The maximum atomic E-state index is 12.3. The molecule has 3 aromatic rings. The molecule has 0 aliphatic rings. The quantitative estimate of drug-likeness (QED) is 0.632. The molecular weight excluding hydrogens is 356 g/mol. The number of aryl methyl sites for hydroxylation is 1. The van der Waals surface area contributed by atoms with Gasteiger partial charge in [0.15, 0.2) is 6.61 Å². The first-order chi connectivity index (χ1) is 12.0. The number of amides is 1. The van der Waals surface area contributed by atoms with Gasteiger partial charge in [-0.25, -0.2) is 9.78 Å². The third-order valence-electron chi connectivity index (χ3n) is 3.91. The standard InChI is InChI=1S/C18H18N2O3S2/c1-11-8-9-15(24-11)18(22)23-10-16(21)20(3)12(2)17-19-13-6-4-5-7-14(13)25-17/h4-9,12H,10H2,1-3H3/t12-/m1/s1. The smallest absolute Gasteiger partial charge is 0.348 e. The normalized spacial score (nSPS) is 12.1. The van der Waals surface area contributed by atoms with Gasteiger partial charge in [-0.05, 0) is 38.1 Å². The second-order valence-electron chi connectivity index (χ2n) is 5.69. The van der Waals surface area contributed by atoms with E-state index in [-0.39, 0.29) is 18.6 Å². The highest BCUT2D eigenvalue weighted by atomic mass is 32.1. The molecule has 0 N–H and O–H groups in total. The fourth-order valence-corrected chi connectivity index (χ4v) is 4.12. The predicted octanol–water partition coefficient (Wildman–Crippen LogP) is 4.04. The number of esters is 1. The van der Waals surface area contributed by atoms with Gasteiger partial charge in [-0.3, -0.25) is 4.79 Å². The van der Waals surface area contributed by atoms with Crippen LogP contribution in [0.5, 0.6) is 0 Å². The van der Waals surface area contributed by atoms with E-state index in [0.717, 1.165) is 20.1 Å². The van der Waals surface area contributed by atoms with Crippen LogP contribution in [-0.2, 0) is 9.53 Å². The second-order valence-corrected chi connectivity index (χ2v) is 8.04. The molecule has 5 nitrogen and oxygen atoms in total. The first-order valence-corrected chi connectivity index (χ1v) is 9.43. The van der Waals surface area contributed by atoms with Crippen molar-refractivity contribution in [1.29, 1.82) is 0 Å². The zero-order valence-electron chi connectivity index (χ0n) is 14.2. The molecule has 0 radical (unpaired) electrons. The number of thiazole rings is 1. The van der Waals surface area contributed by atoms with E-state index in [9.17, 15) is 9.59 Å². The number of thiophene rings is 1. The van der Waals surface area contributed by atoms with Gasteiger partial charge in [0.05, 0.1) is 16.3 Å². The van der Waals surface area contributed by atoms with Gasteiger partial charge in [0.1, 0.15) is 9.88 Å². The van der Waals surface area contributed by atoms with Crippen molar-refractivity contribution in [3.63, 3.8) is 0 Å². The van der Waals surface area contributed by atoms with Crippen LogP contribution in [0.15, 0.2) is 36.4 Å². The molecule has 3 rings (SSSR count). The average molecular weight is 374 g/mol. The summed E-state index contributed by atoms with van der Waals surface area (Å²) in [7, 11) is 1.70. The lowest BCUT2D eigenvalue weighted by molar-refractivity contribution is -0.135. The molecule has 0 spiro atoms. The Morgan fingerprint density at radius 1 is 1.20 bits per heavy atom. The third-order valence-corrected chi connectivity index (χ3v) is 6.10. The number of rotatable bonds is 5. The Balaban J connectivity index is 1.62. The van der Waals surface area contributed by atoms with Crippen LogP contribution in [0.2, 0.25) is 0 Å². The Kier molecular flexibility index (Phi) is 5.15. The number of ether oxygens (including phenoxy) is 1. The van der Waals surface area contributed by atoms with E-state index in [1.165, 1.54) is 11.3 Å². The Hall–Kier alpha value is -2.25. The summed E-state index contributed by atoms with van der Waals surface area (Å²) in [5, 5.41) is 0.859. The van der Waals surface area contributed by atoms with Crippen molar-refractivity contribution in [3.8, 4) is 0 Å². The molecule has 130 valence electrons. The number of aromatic nitrogens is 1. The van der Waals surface area contributed by atoms with Crippen LogP contribution in [0.4, 0.5) is 0 Å². The summed E-state index contributed by atoms with van der Waals surface area (Å²) in [4.78, 5) is 32.0. The minimum atomic E-state index is -0.465. The molecule has 0 bridgehead atoms. The summed E-state index contributed by atoms with van der Waals surface area (Å²) < 4.78 is 6.22. The molecule has 0 aliphatic carbocycles. The Bertz CT molecular complexity index is 883. The second kappa shape index (κ2) is 7.33. The lowest BCUT2D eigenvalue weighted by atomic mass is 10.3. The van der Waals surface area contributed by atoms with E-state index in [1.807, 2.05) is 44.2 Å². The van der Waals surface area contributed by atoms with Crippen LogP contribution in [-0.4, -0.2) is 35.4 Å². The Labute approximate surface area is 153 Å². The zero-order chi connectivity index (χ0) is 18.0. The van der Waals surface area contributed by atoms with E-state index >= 15 is 0 Å². The Morgan fingerprint density at radius 3 is 2.64 bits per heavy atom. The molecule has 1 atom stereocenters. The highest BCUT2D eigenvalue weighted by Gasteiger charge is 2.22. The molecule has 2 aromatic heterocycles. The molecule has 0 aliphatic heterocycles. The summed E-state index contributed by atoms with van der Waals surface area (Å²) in [6, 6.07) is 11.2. The Morgan fingerprint density at radius 2 is 1.96 bits per heavy atom. The molecule has 1 amide bonds. The van der Waals surface area contributed by atoms with Crippen LogP contribution in [0.3, 0.4) is 0 Å². The van der Waals surface area contributed by atoms with E-state index in [4.69, 9.17) is 4.74 Å². The van der Waals surface area contributed by atoms with Crippen LogP contribution in [0, 0.1) is 6.92 Å². The molecule has 1 aromatic carbocycles. The van der Waals surface area contributed by atoms with Gasteiger partial charge in [0.2, 0.25) is 0 Å². The highest BCUT2D eigenvalue weighted by molar-refractivity contribution is 7.18. The number of para-hydroxylation sites is 1. The van der Waals surface area contributed by atoms with Gasteiger partial charge in [-0.15, -0.1) is 22.7 Å². The van der Waals surface area contributed by atoms with Crippen molar-refractivity contribution >= 4 is 44.8 Å². The number of likely N-dealkylation sites (N-methyl/N-ethyl adjacent to an activating group) is 1. The number of hydrogen-bond donors (Lipinski definition) is 0. The summed E-state index contributed by atoms with van der Waals surface area (Å²) >= 11 is 2.92. The maximum absolute atomic E-state index is 12.3. The van der Waals surface area contributed by atoms with E-state index in [0.29, 0.717) is 4.88 Å². The number of fused-ring (bicyclic) bond motifs is 1. The molecule has 2 heterocycles. The van der Waals surface area contributed by atoms with Gasteiger partial charge in [-0.2, -0.15) is 0 Å². The van der Waals surface area contributed by atoms with Crippen LogP contribution in [0.25, 0.3) is 10.2 Å². The minimum Gasteiger partial charge on any atom is -0.451 e. The van der Waals surface area contributed by atoms with E-state index in [1.54, 1.807) is 29.4 Å². The SMILES string of the molecule is Cc1ccc(C(=O)OCC(=O)N(C)[C@H](C)c2nc3ccccc3s2)s1. The van der Waals surface area contributed by atoms with Crippen molar-refractivity contribution < 1.29 is 14.3 Å². The molecule has 0 fully saturated rings. The lowest BCUT2D eigenvalue weighted by Crippen LogP contribution is -2.33. The van der Waals surface area contributed by atoms with Gasteiger partial charge in [-0.1, -0.05) is 12.1 Å². The third kappa shape index (κ3) is 3.88. The first-order valence-electron chi connectivity index (χ1n) is 7.80. The van der Waals surface area contributed by atoms with Crippen molar-refractivity contribution in [2.45, 2.75) is 19.9 Å². The monoisotopic (exact) mass is 374 g/mol. The van der Waals surface area contributed by atoms with Crippen LogP contribution in [0.1, 0.15) is 32.5 Å². The highest BCUT2D eigenvalue weighted by Crippen LogP contribution is 2.28.